The predicted octanol–water partition coefficient (Wildman–Crippen LogP) is 2.94. The molecular weight excluding hydrogens is 268 g/mol. The lowest BCUT2D eigenvalue weighted by Gasteiger charge is -2.32. The molecule has 1 aliphatic heterocycles. The Bertz CT molecular complexity index is 671. The number of nitrogens with zero attached hydrogens (tertiary/aromatic N) is 2. The van der Waals surface area contributed by atoms with E-state index >= 15 is 0 Å². The molecule has 5 nitrogen and oxygen atoms in total. The Hall–Kier alpha value is -2.30. The number of carbonyl (C=O) groups is 1. The first-order valence-electron chi connectivity index (χ1n) is 7.10. The standard InChI is InChI=1S/C16H18N2O3/c1-10-14(11(2)21-17-10)9-18-8-4-6-12-13(16(19)20)5-3-7-15(12)18/h3,5,7H,4,6,8-9H2,1-2H3,(H,19,20). The molecule has 0 atom stereocenters. The van der Waals surface area contributed by atoms with Crippen molar-refractivity contribution in [2.24, 2.45) is 0 Å². The summed E-state index contributed by atoms with van der Waals surface area (Å²) in [6.45, 7) is 5.47. The van der Waals surface area contributed by atoms with Gasteiger partial charge in [-0.1, -0.05) is 11.2 Å². The van der Waals surface area contributed by atoms with Gasteiger partial charge >= 0.3 is 5.97 Å². The van der Waals surface area contributed by atoms with Crippen LogP contribution < -0.4 is 4.90 Å². The van der Waals surface area contributed by atoms with E-state index < -0.39 is 5.97 Å². The predicted molar refractivity (Wildman–Crippen MR) is 78.7 cm³/mol. The summed E-state index contributed by atoms with van der Waals surface area (Å²) in [5, 5.41) is 13.3. The van der Waals surface area contributed by atoms with Crippen molar-refractivity contribution in [1.82, 2.24) is 5.16 Å². The second kappa shape index (κ2) is 5.24. The lowest BCUT2D eigenvalue weighted by Crippen LogP contribution is -2.30. The number of fused-ring (bicyclic) bond motifs is 1. The molecule has 5 heteroatoms. The number of carboxylic acids is 1. The van der Waals surface area contributed by atoms with Gasteiger partial charge in [-0.3, -0.25) is 0 Å². The molecule has 1 aromatic heterocycles. The topological polar surface area (TPSA) is 66.6 Å². The number of hydrogen-bond donors (Lipinski definition) is 1. The second-order valence-corrected chi connectivity index (χ2v) is 5.44. The van der Waals surface area contributed by atoms with Crippen molar-refractivity contribution in [3.8, 4) is 0 Å². The Kier molecular flexibility index (Phi) is 3.41. The average molecular weight is 286 g/mol. The van der Waals surface area contributed by atoms with E-state index in [1.54, 1.807) is 6.07 Å². The Labute approximate surface area is 123 Å². The van der Waals surface area contributed by atoms with Crippen LogP contribution in [0.25, 0.3) is 0 Å². The molecule has 0 amide bonds. The molecule has 21 heavy (non-hydrogen) atoms. The van der Waals surface area contributed by atoms with E-state index in [0.29, 0.717) is 12.1 Å². The van der Waals surface area contributed by atoms with Crippen LogP contribution in [0.4, 0.5) is 5.69 Å². The third-order valence-corrected chi connectivity index (χ3v) is 4.11. The van der Waals surface area contributed by atoms with Gasteiger partial charge in [0.05, 0.1) is 11.3 Å². The summed E-state index contributed by atoms with van der Waals surface area (Å²) in [4.78, 5) is 13.6. The Morgan fingerprint density at radius 2 is 2.24 bits per heavy atom. The number of anilines is 1. The minimum Gasteiger partial charge on any atom is -0.478 e. The van der Waals surface area contributed by atoms with Gasteiger partial charge in [-0.15, -0.1) is 0 Å². The smallest absolute Gasteiger partial charge is 0.336 e. The highest BCUT2D eigenvalue weighted by atomic mass is 16.5. The van der Waals surface area contributed by atoms with Crippen LogP contribution in [0.1, 0.15) is 39.4 Å². The maximum absolute atomic E-state index is 11.4. The minimum atomic E-state index is -0.856. The first-order chi connectivity index (χ1) is 10.1. The van der Waals surface area contributed by atoms with Gasteiger partial charge in [0, 0.05) is 24.3 Å². The molecule has 0 saturated heterocycles. The van der Waals surface area contributed by atoms with Crippen LogP contribution in [-0.2, 0) is 13.0 Å². The van der Waals surface area contributed by atoms with E-state index in [2.05, 4.69) is 10.1 Å². The van der Waals surface area contributed by atoms with E-state index in [1.165, 1.54) is 0 Å². The van der Waals surface area contributed by atoms with Crippen molar-refractivity contribution in [3.05, 3.63) is 46.3 Å². The van der Waals surface area contributed by atoms with E-state index in [0.717, 1.165) is 47.7 Å². The molecule has 0 spiro atoms. The molecule has 0 bridgehead atoms. The van der Waals surface area contributed by atoms with Gasteiger partial charge in [0.2, 0.25) is 0 Å². The fourth-order valence-corrected chi connectivity index (χ4v) is 2.98. The third kappa shape index (κ3) is 2.39. The zero-order valence-electron chi connectivity index (χ0n) is 12.2. The van der Waals surface area contributed by atoms with E-state index in [-0.39, 0.29) is 0 Å². The van der Waals surface area contributed by atoms with Crippen LogP contribution in [0.5, 0.6) is 0 Å². The fourth-order valence-electron chi connectivity index (χ4n) is 2.98. The molecule has 0 saturated carbocycles. The number of aromatic carboxylic acids is 1. The van der Waals surface area contributed by atoms with Crippen molar-refractivity contribution >= 4 is 11.7 Å². The molecule has 3 rings (SSSR count). The summed E-state index contributed by atoms with van der Waals surface area (Å²) in [6, 6.07) is 5.49. The first-order valence-corrected chi connectivity index (χ1v) is 7.10. The highest BCUT2D eigenvalue weighted by molar-refractivity contribution is 5.91. The van der Waals surface area contributed by atoms with E-state index in [9.17, 15) is 9.90 Å². The van der Waals surface area contributed by atoms with E-state index in [1.807, 2.05) is 26.0 Å². The molecule has 1 aromatic carbocycles. The normalized spacial score (nSPS) is 14.1. The number of rotatable bonds is 3. The molecule has 110 valence electrons. The largest absolute Gasteiger partial charge is 0.478 e. The van der Waals surface area contributed by atoms with Gasteiger partial charge in [-0.2, -0.15) is 0 Å². The summed E-state index contributed by atoms with van der Waals surface area (Å²) in [6.07, 6.45) is 1.77. The SMILES string of the molecule is Cc1noc(C)c1CN1CCCc2c(C(=O)O)cccc21. The highest BCUT2D eigenvalue weighted by Gasteiger charge is 2.23. The zero-order chi connectivity index (χ0) is 15.0. The van der Waals surface area contributed by atoms with Crippen LogP contribution in [0.2, 0.25) is 0 Å². The Morgan fingerprint density at radius 3 is 2.90 bits per heavy atom. The van der Waals surface area contributed by atoms with Crippen LogP contribution in [-0.4, -0.2) is 22.8 Å². The summed E-state index contributed by atoms with van der Waals surface area (Å²) < 4.78 is 5.22. The van der Waals surface area contributed by atoms with Gasteiger partial charge < -0.3 is 14.5 Å². The van der Waals surface area contributed by atoms with Crippen molar-refractivity contribution in [2.75, 3.05) is 11.4 Å². The lowest BCUT2D eigenvalue weighted by atomic mass is 9.95. The molecule has 0 aliphatic carbocycles. The number of aromatic nitrogens is 1. The second-order valence-electron chi connectivity index (χ2n) is 5.44. The number of benzene rings is 1. The summed E-state index contributed by atoms with van der Waals surface area (Å²) >= 11 is 0. The molecule has 0 fully saturated rings. The zero-order valence-corrected chi connectivity index (χ0v) is 12.2. The molecule has 2 aromatic rings. The summed E-state index contributed by atoms with van der Waals surface area (Å²) in [5.41, 5.74) is 4.35. The average Bonchev–Trinajstić information content (AvgIpc) is 2.78. The van der Waals surface area contributed by atoms with Gasteiger partial charge in [-0.05, 0) is 44.4 Å². The molecular formula is C16H18N2O3. The maximum atomic E-state index is 11.4. The van der Waals surface area contributed by atoms with Gasteiger partial charge in [0.15, 0.2) is 0 Å². The third-order valence-electron chi connectivity index (χ3n) is 4.11. The maximum Gasteiger partial charge on any atom is 0.336 e. The van der Waals surface area contributed by atoms with Crippen LogP contribution in [0.3, 0.4) is 0 Å². The molecule has 1 N–H and O–H groups in total. The van der Waals surface area contributed by atoms with Crippen LogP contribution in [0, 0.1) is 13.8 Å². The highest BCUT2D eigenvalue weighted by Crippen LogP contribution is 2.31. The Morgan fingerprint density at radius 1 is 1.43 bits per heavy atom. The Balaban J connectivity index is 1.98. The number of carboxylic acid groups (broad SMARTS) is 1. The first kappa shape index (κ1) is 13.7. The van der Waals surface area contributed by atoms with Crippen molar-refractivity contribution in [2.45, 2.75) is 33.2 Å². The van der Waals surface area contributed by atoms with Crippen molar-refractivity contribution < 1.29 is 14.4 Å². The monoisotopic (exact) mass is 286 g/mol. The summed E-state index contributed by atoms with van der Waals surface area (Å²) in [7, 11) is 0. The molecule has 0 radical (unpaired) electrons. The number of aryl methyl sites for hydroxylation is 2. The molecule has 2 heterocycles. The minimum absolute atomic E-state index is 0.413. The fraction of sp³-hybridized carbons (Fsp3) is 0.375. The van der Waals surface area contributed by atoms with Gasteiger partial charge in [0.25, 0.3) is 0 Å². The summed E-state index contributed by atoms with van der Waals surface area (Å²) in [5.74, 6) is -0.0277. The molecule has 0 unspecified atom stereocenters. The van der Waals surface area contributed by atoms with E-state index in [4.69, 9.17) is 4.52 Å². The number of hydrogen-bond acceptors (Lipinski definition) is 4. The van der Waals surface area contributed by atoms with Crippen LogP contribution >= 0.6 is 0 Å². The van der Waals surface area contributed by atoms with Gasteiger partial charge in [0.1, 0.15) is 5.76 Å². The quantitative estimate of drug-likeness (QED) is 0.939. The molecule has 1 aliphatic rings. The van der Waals surface area contributed by atoms with Crippen LogP contribution in [0.15, 0.2) is 22.7 Å². The lowest BCUT2D eigenvalue weighted by molar-refractivity contribution is 0.0695. The van der Waals surface area contributed by atoms with Crippen molar-refractivity contribution in [1.29, 1.82) is 0 Å². The van der Waals surface area contributed by atoms with Crippen molar-refractivity contribution in [3.63, 3.8) is 0 Å². The van der Waals surface area contributed by atoms with Gasteiger partial charge in [-0.25, -0.2) is 4.79 Å².